The van der Waals surface area contributed by atoms with Crippen molar-refractivity contribution >= 4 is 21.4 Å². The molecule has 0 bridgehead atoms. The zero-order valence-corrected chi connectivity index (χ0v) is 21.7. The zero-order chi connectivity index (χ0) is 25.6. The summed E-state index contributed by atoms with van der Waals surface area (Å²) in [6, 6.07) is 22.4. The Labute approximate surface area is 215 Å². The molecule has 0 aromatic heterocycles. The molecule has 0 amide bonds. The predicted molar refractivity (Wildman–Crippen MR) is 146 cm³/mol. The first-order valence-electron chi connectivity index (χ1n) is 12.7. The van der Waals surface area contributed by atoms with Crippen molar-refractivity contribution in [3.63, 3.8) is 0 Å². The van der Waals surface area contributed by atoms with Gasteiger partial charge in [0.15, 0.2) is 0 Å². The lowest BCUT2D eigenvalue weighted by Crippen LogP contribution is -2.16. The van der Waals surface area contributed by atoms with Crippen LogP contribution in [0.4, 0.5) is 5.69 Å². The Bertz CT molecular complexity index is 1190. The minimum absolute atomic E-state index is 0.124. The number of nitrogens with zero attached hydrogens (tertiary/aromatic N) is 1. The van der Waals surface area contributed by atoms with Crippen molar-refractivity contribution in [2.45, 2.75) is 63.2 Å². The normalized spacial score (nSPS) is 11.9. The summed E-state index contributed by atoms with van der Waals surface area (Å²) in [6.45, 7) is 2.85. The number of sulfonamides is 1. The molecule has 0 unspecified atom stereocenters. The first-order valence-corrected chi connectivity index (χ1v) is 14.2. The summed E-state index contributed by atoms with van der Waals surface area (Å²) in [7, 11) is -3.86. The third kappa shape index (κ3) is 8.12. The molecule has 0 atom stereocenters. The van der Waals surface area contributed by atoms with Crippen molar-refractivity contribution in [1.29, 1.82) is 0 Å². The molecule has 3 rings (SSSR count). The maximum atomic E-state index is 13.1. The fraction of sp³-hybridized carbons (Fsp3) is 0.345. The predicted octanol–water partition coefficient (Wildman–Crippen LogP) is 7.23. The van der Waals surface area contributed by atoms with Gasteiger partial charge in [0.1, 0.15) is 11.5 Å². The lowest BCUT2D eigenvalue weighted by molar-refractivity contribution is 0.304. The van der Waals surface area contributed by atoms with Gasteiger partial charge in [0.2, 0.25) is 0 Å². The molecular formula is C29H36N2O4S. The van der Waals surface area contributed by atoms with Gasteiger partial charge in [-0.2, -0.15) is 0 Å². The maximum absolute atomic E-state index is 13.1. The molecule has 3 aromatic carbocycles. The van der Waals surface area contributed by atoms with Crippen LogP contribution in [-0.2, 0) is 10.0 Å². The third-order valence-electron chi connectivity index (χ3n) is 5.97. The van der Waals surface area contributed by atoms with E-state index in [2.05, 4.69) is 16.8 Å². The number of hydrogen-bond acceptors (Lipinski definition) is 5. The SMILES string of the molecule is CCCCCCCCCCOc1ccc(S(=O)(=O)Nc2ccccc2C(=NO)c2ccccc2)cc1. The van der Waals surface area contributed by atoms with Crippen molar-refractivity contribution in [2.24, 2.45) is 5.16 Å². The first kappa shape index (κ1) is 27.3. The van der Waals surface area contributed by atoms with E-state index in [-0.39, 0.29) is 10.6 Å². The fourth-order valence-electron chi connectivity index (χ4n) is 3.99. The smallest absolute Gasteiger partial charge is 0.261 e. The van der Waals surface area contributed by atoms with Crippen molar-refractivity contribution in [3.05, 3.63) is 90.0 Å². The van der Waals surface area contributed by atoms with Gasteiger partial charge in [-0.3, -0.25) is 4.72 Å². The molecule has 0 aliphatic heterocycles. The van der Waals surface area contributed by atoms with Crippen LogP contribution in [0.3, 0.4) is 0 Å². The molecule has 192 valence electrons. The maximum Gasteiger partial charge on any atom is 0.261 e. The molecule has 0 aliphatic carbocycles. The Kier molecular flexibility index (Phi) is 10.8. The van der Waals surface area contributed by atoms with Gasteiger partial charge in [-0.1, -0.05) is 106 Å². The molecule has 0 spiro atoms. The van der Waals surface area contributed by atoms with Gasteiger partial charge in [-0.05, 0) is 36.8 Å². The summed E-state index contributed by atoms with van der Waals surface area (Å²) < 4.78 is 34.6. The minimum atomic E-state index is -3.86. The highest BCUT2D eigenvalue weighted by atomic mass is 32.2. The van der Waals surface area contributed by atoms with E-state index in [1.807, 2.05) is 18.2 Å². The minimum Gasteiger partial charge on any atom is -0.494 e. The van der Waals surface area contributed by atoms with Crippen LogP contribution >= 0.6 is 0 Å². The van der Waals surface area contributed by atoms with Crippen LogP contribution in [0.5, 0.6) is 5.75 Å². The average molecular weight is 509 g/mol. The molecule has 0 aliphatic rings. The van der Waals surface area contributed by atoms with E-state index < -0.39 is 10.0 Å². The number of anilines is 1. The number of nitrogens with one attached hydrogen (secondary N) is 1. The number of para-hydroxylation sites is 1. The second-order valence-electron chi connectivity index (χ2n) is 8.76. The highest BCUT2D eigenvalue weighted by molar-refractivity contribution is 7.92. The molecule has 6 nitrogen and oxygen atoms in total. The summed E-state index contributed by atoms with van der Waals surface area (Å²) in [5.41, 5.74) is 1.74. The quantitative estimate of drug-likeness (QED) is 0.0981. The van der Waals surface area contributed by atoms with Crippen LogP contribution < -0.4 is 9.46 Å². The van der Waals surface area contributed by atoms with E-state index in [4.69, 9.17) is 4.74 Å². The van der Waals surface area contributed by atoms with Gasteiger partial charge in [0, 0.05) is 11.1 Å². The number of ether oxygens (including phenoxy) is 1. The van der Waals surface area contributed by atoms with Crippen LogP contribution in [0.15, 0.2) is 88.9 Å². The highest BCUT2D eigenvalue weighted by Crippen LogP contribution is 2.24. The molecule has 3 aromatic rings. The molecule has 2 N–H and O–H groups in total. The van der Waals surface area contributed by atoms with Crippen LogP contribution in [-0.4, -0.2) is 25.9 Å². The molecule has 0 fully saturated rings. The number of unbranched alkanes of at least 4 members (excludes halogenated alkanes) is 7. The molecule has 0 radical (unpaired) electrons. The molecule has 36 heavy (non-hydrogen) atoms. The molecular weight excluding hydrogens is 472 g/mol. The Hall–Kier alpha value is -3.32. The zero-order valence-electron chi connectivity index (χ0n) is 20.9. The van der Waals surface area contributed by atoms with Crippen molar-refractivity contribution in [2.75, 3.05) is 11.3 Å². The van der Waals surface area contributed by atoms with Gasteiger partial charge in [-0.15, -0.1) is 0 Å². The van der Waals surface area contributed by atoms with Gasteiger partial charge >= 0.3 is 0 Å². The van der Waals surface area contributed by atoms with Crippen LogP contribution in [0.25, 0.3) is 0 Å². The van der Waals surface area contributed by atoms with Crippen LogP contribution in [0.1, 0.15) is 69.4 Å². The van der Waals surface area contributed by atoms with Gasteiger partial charge < -0.3 is 9.94 Å². The second kappa shape index (κ2) is 14.3. The lowest BCUT2D eigenvalue weighted by Gasteiger charge is -2.14. The lowest BCUT2D eigenvalue weighted by atomic mass is 10.0. The van der Waals surface area contributed by atoms with Crippen molar-refractivity contribution in [1.82, 2.24) is 0 Å². The van der Waals surface area contributed by atoms with Crippen molar-refractivity contribution < 1.29 is 18.4 Å². The Morgan fingerprint density at radius 3 is 2.08 bits per heavy atom. The number of hydrogen-bond donors (Lipinski definition) is 2. The summed E-state index contributed by atoms with van der Waals surface area (Å²) in [4.78, 5) is 0.124. The standard InChI is InChI=1S/C29H36N2O4S/c1-2-3-4-5-6-7-8-14-23-35-25-19-21-26(22-20-25)36(33,34)31-28-18-13-12-17-27(28)29(30-32)24-15-10-9-11-16-24/h9-13,15-22,31-32H,2-8,14,23H2,1H3. The number of oxime groups is 1. The fourth-order valence-corrected chi connectivity index (χ4v) is 5.07. The van der Waals surface area contributed by atoms with E-state index >= 15 is 0 Å². The van der Waals surface area contributed by atoms with Gasteiger partial charge in [0.05, 0.1) is 17.2 Å². The molecule has 0 saturated carbocycles. The summed E-state index contributed by atoms with van der Waals surface area (Å²) in [5.74, 6) is 0.649. The Balaban J connectivity index is 1.58. The highest BCUT2D eigenvalue weighted by Gasteiger charge is 2.19. The largest absolute Gasteiger partial charge is 0.494 e. The molecule has 7 heteroatoms. The summed E-state index contributed by atoms with van der Waals surface area (Å²) in [5, 5.41) is 13.1. The molecule has 0 saturated heterocycles. The van der Waals surface area contributed by atoms with E-state index in [9.17, 15) is 13.6 Å². The van der Waals surface area contributed by atoms with Crippen LogP contribution in [0.2, 0.25) is 0 Å². The van der Waals surface area contributed by atoms with E-state index in [1.165, 1.54) is 50.7 Å². The Morgan fingerprint density at radius 1 is 0.806 bits per heavy atom. The molecule has 0 heterocycles. The summed E-state index contributed by atoms with van der Waals surface area (Å²) in [6.07, 6.45) is 9.86. The second-order valence-corrected chi connectivity index (χ2v) is 10.4. The number of rotatable bonds is 15. The van der Waals surface area contributed by atoms with E-state index in [0.29, 0.717) is 29.2 Å². The first-order chi connectivity index (χ1) is 17.5. The van der Waals surface area contributed by atoms with Crippen LogP contribution in [0, 0.1) is 0 Å². The van der Waals surface area contributed by atoms with Crippen molar-refractivity contribution in [3.8, 4) is 5.75 Å². The van der Waals surface area contributed by atoms with Gasteiger partial charge in [-0.25, -0.2) is 8.42 Å². The summed E-state index contributed by atoms with van der Waals surface area (Å²) >= 11 is 0. The third-order valence-corrected chi connectivity index (χ3v) is 7.36. The number of benzene rings is 3. The van der Waals surface area contributed by atoms with Gasteiger partial charge in [0.25, 0.3) is 10.0 Å². The topological polar surface area (TPSA) is 88.0 Å². The van der Waals surface area contributed by atoms with E-state index in [0.717, 1.165) is 12.8 Å². The average Bonchev–Trinajstić information content (AvgIpc) is 2.90. The monoisotopic (exact) mass is 508 g/mol. The van der Waals surface area contributed by atoms with E-state index in [1.54, 1.807) is 48.5 Å². The Morgan fingerprint density at radius 2 is 1.42 bits per heavy atom.